The monoisotopic (exact) mass is 450 g/mol. The zero-order valence-corrected chi connectivity index (χ0v) is 18.5. The highest BCUT2D eigenvalue weighted by Crippen LogP contribution is 2.48. The standard InChI is InChI=1S/C28H22N2O4/c1-33-21-16-14-20(15-17-21)30-25(19-9-3-2-4-10-19)24-26(34-30)28(32)29(27(24)31)23-13-7-11-18-8-5-6-12-22(18)23/h2-17,24-26H,1H3/t24-,25-,26-/m1/s1. The van der Waals surface area contributed by atoms with Crippen LogP contribution in [0.4, 0.5) is 11.4 Å². The van der Waals surface area contributed by atoms with Gasteiger partial charge in [-0.25, -0.2) is 9.96 Å². The number of ether oxygens (including phenoxy) is 1. The van der Waals surface area contributed by atoms with Crippen LogP contribution in [0, 0.1) is 5.92 Å². The number of carbonyl (C=O) groups excluding carboxylic acids is 2. The first-order valence-corrected chi connectivity index (χ1v) is 11.2. The highest BCUT2D eigenvalue weighted by Gasteiger charge is 2.60. The minimum Gasteiger partial charge on any atom is -0.497 e. The van der Waals surface area contributed by atoms with Crippen molar-refractivity contribution in [1.29, 1.82) is 0 Å². The Balaban J connectivity index is 1.44. The Labute approximate surface area is 196 Å². The summed E-state index contributed by atoms with van der Waals surface area (Å²) in [5, 5.41) is 3.52. The first kappa shape index (κ1) is 20.4. The molecule has 2 heterocycles. The van der Waals surface area contributed by atoms with E-state index in [0.29, 0.717) is 11.4 Å². The van der Waals surface area contributed by atoms with Crippen LogP contribution in [0.15, 0.2) is 97.1 Å². The average Bonchev–Trinajstić information content (AvgIpc) is 3.40. The van der Waals surface area contributed by atoms with Crippen molar-refractivity contribution in [3.8, 4) is 5.75 Å². The molecule has 4 aromatic rings. The molecule has 6 rings (SSSR count). The number of methoxy groups -OCH3 is 1. The molecule has 0 N–H and O–H groups in total. The highest BCUT2D eigenvalue weighted by molar-refractivity contribution is 6.26. The lowest BCUT2D eigenvalue weighted by molar-refractivity contribution is -0.126. The van der Waals surface area contributed by atoms with Gasteiger partial charge in [0.2, 0.25) is 5.91 Å². The van der Waals surface area contributed by atoms with E-state index in [1.165, 1.54) is 4.90 Å². The van der Waals surface area contributed by atoms with E-state index < -0.39 is 18.1 Å². The molecule has 2 fully saturated rings. The Bertz CT molecular complexity index is 1380. The minimum absolute atomic E-state index is 0.254. The van der Waals surface area contributed by atoms with Gasteiger partial charge in [0.1, 0.15) is 11.7 Å². The van der Waals surface area contributed by atoms with Crippen LogP contribution in [0.25, 0.3) is 10.8 Å². The molecule has 0 radical (unpaired) electrons. The minimum atomic E-state index is -0.904. The number of hydroxylamine groups is 1. The topological polar surface area (TPSA) is 59.1 Å². The maximum absolute atomic E-state index is 13.9. The second-order valence-corrected chi connectivity index (χ2v) is 8.44. The molecule has 2 aliphatic rings. The SMILES string of the molecule is COc1ccc(N2O[C@H]3C(=O)N(c4cccc5ccccc45)C(=O)[C@@H]3[C@H]2c2ccccc2)cc1. The van der Waals surface area contributed by atoms with Gasteiger partial charge in [0.25, 0.3) is 5.91 Å². The third-order valence-corrected chi connectivity index (χ3v) is 6.59. The van der Waals surface area contributed by atoms with E-state index in [0.717, 1.165) is 22.0 Å². The van der Waals surface area contributed by atoms with Gasteiger partial charge in [-0.1, -0.05) is 66.7 Å². The molecule has 0 aromatic heterocycles. The molecule has 2 saturated heterocycles. The van der Waals surface area contributed by atoms with E-state index in [2.05, 4.69) is 0 Å². The Morgan fingerprint density at radius 2 is 1.47 bits per heavy atom. The Hall–Kier alpha value is -4.16. The average molecular weight is 450 g/mol. The van der Waals surface area contributed by atoms with Crippen molar-refractivity contribution < 1.29 is 19.2 Å². The predicted octanol–water partition coefficient (Wildman–Crippen LogP) is 4.90. The molecular weight excluding hydrogens is 428 g/mol. The van der Waals surface area contributed by atoms with Crippen LogP contribution in [0.1, 0.15) is 11.6 Å². The van der Waals surface area contributed by atoms with Crippen LogP contribution in [0.2, 0.25) is 0 Å². The number of nitrogens with zero attached hydrogens (tertiary/aromatic N) is 2. The molecular formula is C28H22N2O4. The Morgan fingerprint density at radius 3 is 2.24 bits per heavy atom. The molecule has 2 amide bonds. The van der Waals surface area contributed by atoms with Gasteiger partial charge in [-0.2, -0.15) is 0 Å². The molecule has 0 aliphatic carbocycles. The number of rotatable bonds is 4. The van der Waals surface area contributed by atoms with Crippen molar-refractivity contribution in [2.75, 3.05) is 17.1 Å². The number of amides is 2. The second kappa shape index (κ2) is 8.01. The van der Waals surface area contributed by atoms with Gasteiger partial charge in [-0.15, -0.1) is 0 Å². The van der Waals surface area contributed by atoms with Crippen molar-refractivity contribution in [3.05, 3.63) is 103 Å². The van der Waals surface area contributed by atoms with E-state index in [-0.39, 0.29) is 11.8 Å². The maximum atomic E-state index is 13.9. The number of carbonyl (C=O) groups is 2. The van der Waals surface area contributed by atoms with Crippen LogP contribution < -0.4 is 14.7 Å². The number of fused-ring (bicyclic) bond motifs is 2. The third-order valence-electron chi connectivity index (χ3n) is 6.59. The summed E-state index contributed by atoms with van der Waals surface area (Å²) in [6.45, 7) is 0. The summed E-state index contributed by atoms with van der Waals surface area (Å²) in [5.74, 6) is -0.552. The lowest BCUT2D eigenvalue weighted by atomic mass is 9.90. The van der Waals surface area contributed by atoms with Gasteiger partial charge in [0, 0.05) is 5.39 Å². The summed E-state index contributed by atoms with van der Waals surface area (Å²) >= 11 is 0. The number of hydrogen-bond acceptors (Lipinski definition) is 5. The quantitative estimate of drug-likeness (QED) is 0.414. The van der Waals surface area contributed by atoms with Crippen LogP contribution in [-0.4, -0.2) is 25.0 Å². The van der Waals surface area contributed by atoms with Crippen molar-refractivity contribution in [2.24, 2.45) is 5.92 Å². The molecule has 0 unspecified atom stereocenters. The molecule has 0 spiro atoms. The van der Waals surface area contributed by atoms with Crippen LogP contribution in [0.3, 0.4) is 0 Å². The number of benzene rings is 4. The molecule has 6 nitrogen and oxygen atoms in total. The predicted molar refractivity (Wildman–Crippen MR) is 129 cm³/mol. The molecule has 2 aliphatic heterocycles. The summed E-state index contributed by atoms with van der Waals surface area (Å²) in [5.41, 5.74) is 2.25. The van der Waals surface area contributed by atoms with E-state index in [1.807, 2.05) is 97.1 Å². The van der Waals surface area contributed by atoms with Gasteiger partial charge < -0.3 is 4.74 Å². The summed E-state index contributed by atoms with van der Waals surface area (Å²) in [4.78, 5) is 35.1. The summed E-state index contributed by atoms with van der Waals surface area (Å²) in [6, 6.07) is 30.1. The Kier molecular flexibility index (Phi) is 4.81. The first-order chi connectivity index (χ1) is 16.7. The van der Waals surface area contributed by atoms with E-state index >= 15 is 0 Å². The normalized spacial score (nSPS) is 21.9. The van der Waals surface area contributed by atoms with Gasteiger partial charge in [0.05, 0.1) is 24.5 Å². The smallest absolute Gasteiger partial charge is 0.266 e. The lowest BCUT2D eigenvalue weighted by Gasteiger charge is -2.29. The van der Waals surface area contributed by atoms with Gasteiger partial charge in [-0.3, -0.25) is 14.4 Å². The van der Waals surface area contributed by atoms with Gasteiger partial charge in [-0.05, 0) is 41.3 Å². The van der Waals surface area contributed by atoms with Crippen LogP contribution >= 0.6 is 0 Å². The molecule has 3 atom stereocenters. The second-order valence-electron chi connectivity index (χ2n) is 8.44. The van der Waals surface area contributed by atoms with Crippen molar-refractivity contribution in [2.45, 2.75) is 12.1 Å². The number of hydrogen-bond donors (Lipinski definition) is 0. The van der Waals surface area contributed by atoms with Crippen molar-refractivity contribution in [3.63, 3.8) is 0 Å². The molecule has 0 bridgehead atoms. The Morgan fingerprint density at radius 1 is 0.765 bits per heavy atom. The number of imide groups is 1. The first-order valence-electron chi connectivity index (χ1n) is 11.2. The molecule has 34 heavy (non-hydrogen) atoms. The number of anilines is 2. The summed E-state index contributed by atoms with van der Waals surface area (Å²) < 4.78 is 5.28. The third kappa shape index (κ3) is 3.07. The largest absolute Gasteiger partial charge is 0.497 e. The fourth-order valence-electron chi connectivity index (χ4n) is 5.00. The zero-order valence-electron chi connectivity index (χ0n) is 18.5. The fraction of sp³-hybridized carbons (Fsp3) is 0.143. The van der Waals surface area contributed by atoms with Gasteiger partial charge in [0.15, 0.2) is 6.10 Å². The highest BCUT2D eigenvalue weighted by atomic mass is 16.7. The summed E-state index contributed by atoms with van der Waals surface area (Å²) in [6.07, 6.45) is -0.904. The van der Waals surface area contributed by atoms with Gasteiger partial charge >= 0.3 is 0 Å². The molecule has 6 heteroatoms. The summed E-state index contributed by atoms with van der Waals surface area (Å²) in [7, 11) is 1.61. The van der Waals surface area contributed by atoms with E-state index in [9.17, 15) is 9.59 Å². The maximum Gasteiger partial charge on any atom is 0.266 e. The van der Waals surface area contributed by atoms with E-state index in [4.69, 9.17) is 9.57 Å². The fourth-order valence-corrected chi connectivity index (χ4v) is 5.00. The van der Waals surface area contributed by atoms with E-state index in [1.54, 1.807) is 12.2 Å². The van der Waals surface area contributed by atoms with Crippen LogP contribution in [-0.2, 0) is 14.4 Å². The molecule has 0 saturated carbocycles. The van der Waals surface area contributed by atoms with Crippen LogP contribution in [0.5, 0.6) is 5.75 Å². The molecule has 168 valence electrons. The van der Waals surface area contributed by atoms with Crippen molar-refractivity contribution in [1.82, 2.24) is 0 Å². The molecule has 4 aromatic carbocycles. The lowest BCUT2D eigenvalue weighted by Crippen LogP contribution is -2.37. The van der Waals surface area contributed by atoms with Crippen molar-refractivity contribution >= 4 is 34.0 Å². The zero-order chi connectivity index (χ0) is 23.2.